The Morgan fingerprint density at radius 1 is 1.28 bits per heavy atom. The summed E-state index contributed by atoms with van der Waals surface area (Å²) in [5.74, 6) is 2.31. The fourth-order valence-corrected chi connectivity index (χ4v) is 2.49. The zero-order valence-corrected chi connectivity index (χ0v) is 11.1. The minimum Gasteiger partial charge on any atom is -0.497 e. The standard InChI is InChI=1S/C14H22N2O2/c1-17-11-4-5-12(14(7-11)18-2)13-6-3-10(8-15)9-16-13/h4-5,7,10,13,16H,3,6,8-9,15H2,1-2H3. The number of hydrogen-bond acceptors (Lipinski definition) is 4. The Morgan fingerprint density at radius 3 is 2.67 bits per heavy atom. The summed E-state index contributed by atoms with van der Waals surface area (Å²) in [5, 5.41) is 3.55. The van der Waals surface area contributed by atoms with Crippen molar-refractivity contribution in [1.29, 1.82) is 0 Å². The molecule has 1 fully saturated rings. The highest BCUT2D eigenvalue weighted by Crippen LogP contribution is 2.34. The molecule has 1 aromatic rings. The second kappa shape index (κ2) is 6.07. The third-order valence-electron chi connectivity index (χ3n) is 3.67. The normalized spacial score (nSPS) is 23.7. The van der Waals surface area contributed by atoms with Crippen molar-refractivity contribution in [1.82, 2.24) is 5.32 Å². The van der Waals surface area contributed by atoms with Crippen LogP contribution in [0.4, 0.5) is 0 Å². The molecule has 18 heavy (non-hydrogen) atoms. The number of methoxy groups -OCH3 is 2. The first-order valence-electron chi connectivity index (χ1n) is 6.43. The molecule has 0 saturated carbocycles. The SMILES string of the molecule is COc1ccc(C2CCC(CN)CN2)c(OC)c1. The number of hydrogen-bond donors (Lipinski definition) is 2. The first-order chi connectivity index (χ1) is 8.78. The zero-order chi connectivity index (χ0) is 13.0. The van der Waals surface area contributed by atoms with Gasteiger partial charge in [0.1, 0.15) is 11.5 Å². The maximum atomic E-state index is 5.70. The van der Waals surface area contributed by atoms with E-state index in [1.807, 2.05) is 12.1 Å². The van der Waals surface area contributed by atoms with Crippen molar-refractivity contribution in [2.75, 3.05) is 27.3 Å². The van der Waals surface area contributed by atoms with Gasteiger partial charge in [0.25, 0.3) is 0 Å². The van der Waals surface area contributed by atoms with Gasteiger partial charge < -0.3 is 20.5 Å². The third-order valence-corrected chi connectivity index (χ3v) is 3.67. The Bertz CT molecular complexity index is 387. The molecule has 0 amide bonds. The quantitative estimate of drug-likeness (QED) is 0.854. The van der Waals surface area contributed by atoms with Crippen LogP contribution >= 0.6 is 0 Å². The Hall–Kier alpha value is -1.26. The van der Waals surface area contributed by atoms with E-state index >= 15 is 0 Å². The van der Waals surface area contributed by atoms with Crippen molar-refractivity contribution >= 4 is 0 Å². The van der Waals surface area contributed by atoms with Crippen LogP contribution in [0.15, 0.2) is 18.2 Å². The summed E-state index contributed by atoms with van der Waals surface area (Å²) in [5.41, 5.74) is 6.90. The highest BCUT2D eigenvalue weighted by Gasteiger charge is 2.23. The smallest absolute Gasteiger partial charge is 0.127 e. The van der Waals surface area contributed by atoms with Crippen LogP contribution in [0.1, 0.15) is 24.4 Å². The molecule has 4 heteroatoms. The largest absolute Gasteiger partial charge is 0.497 e. The van der Waals surface area contributed by atoms with Crippen LogP contribution in [0.25, 0.3) is 0 Å². The third kappa shape index (κ3) is 2.76. The van der Waals surface area contributed by atoms with Crippen LogP contribution in [-0.4, -0.2) is 27.3 Å². The number of ether oxygens (including phenoxy) is 2. The Morgan fingerprint density at radius 2 is 2.11 bits per heavy atom. The zero-order valence-electron chi connectivity index (χ0n) is 11.1. The van der Waals surface area contributed by atoms with Gasteiger partial charge in [0.2, 0.25) is 0 Å². The van der Waals surface area contributed by atoms with Gasteiger partial charge in [-0.15, -0.1) is 0 Å². The summed E-state index contributed by atoms with van der Waals surface area (Å²) in [4.78, 5) is 0. The molecule has 1 saturated heterocycles. The van der Waals surface area contributed by atoms with E-state index in [1.165, 1.54) is 12.0 Å². The van der Waals surface area contributed by atoms with E-state index in [-0.39, 0.29) is 0 Å². The summed E-state index contributed by atoms with van der Waals surface area (Å²) in [7, 11) is 3.36. The highest BCUT2D eigenvalue weighted by atomic mass is 16.5. The molecular formula is C14H22N2O2. The van der Waals surface area contributed by atoms with Crippen molar-refractivity contribution < 1.29 is 9.47 Å². The Balaban J connectivity index is 2.13. The maximum absolute atomic E-state index is 5.70. The average molecular weight is 250 g/mol. The second-order valence-corrected chi connectivity index (χ2v) is 4.75. The van der Waals surface area contributed by atoms with Gasteiger partial charge in [-0.2, -0.15) is 0 Å². The lowest BCUT2D eigenvalue weighted by atomic mass is 9.90. The first-order valence-corrected chi connectivity index (χ1v) is 6.43. The molecular weight excluding hydrogens is 228 g/mol. The predicted octanol–water partition coefficient (Wildman–Crippen LogP) is 1.70. The maximum Gasteiger partial charge on any atom is 0.127 e. The molecule has 4 nitrogen and oxygen atoms in total. The van der Waals surface area contributed by atoms with E-state index in [0.29, 0.717) is 12.0 Å². The lowest BCUT2D eigenvalue weighted by Crippen LogP contribution is -2.36. The molecule has 2 atom stereocenters. The van der Waals surface area contributed by atoms with Gasteiger partial charge in [0.05, 0.1) is 14.2 Å². The van der Waals surface area contributed by atoms with Gasteiger partial charge in [0, 0.05) is 17.7 Å². The van der Waals surface area contributed by atoms with Crippen molar-refractivity contribution in [2.24, 2.45) is 11.7 Å². The van der Waals surface area contributed by atoms with Crippen LogP contribution in [0.3, 0.4) is 0 Å². The van der Waals surface area contributed by atoms with E-state index in [4.69, 9.17) is 15.2 Å². The number of piperidine rings is 1. The molecule has 2 rings (SSSR count). The number of nitrogens with two attached hydrogens (primary N) is 1. The first kappa shape index (κ1) is 13.2. The number of benzene rings is 1. The lowest BCUT2D eigenvalue weighted by molar-refractivity contribution is 0.310. The van der Waals surface area contributed by atoms with Crippen LogP contribution in [0.5, 0.6) is 11.5 Å². The summed E-state index contributed by atoms with van der Waals surface area (Å²) in [6.45, 7) is 1.75. The minimum atomic E-state index is 0.355. The van der Waals surface area contributed by atoms with Gasteiger partial charge in [0.15, 0.2) is 0 Å². The molecule has 1 aliphatic heterocycles. The average Bonchev–Trinajstić information content (AvgIpc) is 2.46. The van der Waals surface area contributed by atoms with E-state index in [0.717, 1.165) is 31.0 Å². The van der Waals surface area contributed by atoms with Gasteiger partial charge >= 0.3 is 0 Å². The van der Waals surface area contributed by atoms with Gasteiger partial charge in [-0.1, -0.05) is 6.07 Å². The molecule has 100 valence electrons. The molecule has 0 bridgehead atoms. The molecule has 1 aromatic carbocycles. The summed E-state index contributed by atoms with van der Waals surface area (Å²) < 4.78 is 10.7. The van der Waals surface area contributed by atoms with Crippen molar-refractivity contribution in [3.05, 3.63) is 23.8 Å². The molecule has 0 aliphatic carbocycles. The van der Waals surface area contributed by atoms with E-state index in [1.54, 1.807) is 14.2 Å². The van der Waals surface area contributed by atoms with Crippen LogP contribution in [0, 0.1) is 5.92 Å². The predicted molar refractivity (Wildman–Crippen MR) is 72.1 cm³/mol. The summed E-state index contributed by atoms with van der Waals surface area (Å²) in [6, 6.07) is 6.35. The molecule has 3 N–H and O–H groups in total. The minimum absolute atomic E-state index is 0.355. The summed E-state index contributed by atoms with van der Waals surface area (Å²) >= 11 is 0. The van der Waals surface area contributed by atoms with Gasteiger partial charge in [-0.05, 0) is 37.9 Å². The molecule has 0 aromatic heterocycles. The van der Waals surface area contributed by atoms with Crippen LogP contribution < -0.4 is 20.5 Å². The Labute approximate surface area is 108 Å². The van der Waals surface area contributed by atoms with Crippen LogP contribution in [-0.2, 0) is 0 Å². The molecule has 0 radical (unpaired) electrons. The molecule has 0 spiro atoms. The van der Waals surface area contributed by atoms with Crippen molar-refractivity contribution in [3.63, 3.8) is 0 Å². The van der Waals surface area contributed by atoms with Crippen LogP contribution in [0.2, 0.25) is 0 Å². The van der Waals surface area contributed by atoms with Gasteiger partial charge in [-0.3, -0.25) is 0 Å². The molecule has 2 unspecified atom stereocenters. The van der Waals surface area contributed by atoms with E-state index < -0.39 is 0 Å². The van der Waals surface area contributed by atoms with E-state index in [9.17, 15) is 0 Å². The number of nitrogens with one attached hydrogen (secondary N) is 1. The Kier molecular flexibility index (Phi) is 4.44. The highest BCUT2D eigenvalue weighted by molar-refractivity contribution is 5.42. The monoisotopic (exact) mass is 250 g/mol. The number of rotatable bonds is 4. The van der Waals surface area contributed by atoms with Crippen molar-refractivity contribution in [2.45, 2.75) is 18.9 Å². The lowest BCUT2D eigenvalue weighted by Gasteiger charge is -2.30. The second-order valence-electron chi connectivity index (χ2n) is 4.75. The fourth-order valence-electron chi connectivity index (χ4n) is 2.49. The van der Waals surface area contributed by atoms with E-state index in [2.05, 4.69) is 11.4 Å². The topological polar surface area (TPSA) is 56.5 Å². The van der Waals surface area contributed by atoms with Gasteiger partial charge in [-0.25, -0.2) is 0 Å². The molecule has 1 aliphatic rings. The summed E-state index contributed by atoms with van der Waals surface area (Å²) in [6.07, 6.45) is 2.27. The fraction of sp³-hybridized carbons (Fsp3) is 0.571. The van der Waals surface area contributed by atoms with Crippen molar-refractivity contribution in [3.8, 4) is 11.5 Å². The molecule has 1 heterocycles.